The summed E-state index contributed by atoms with van der Waals surface area (Å²) in [6, 6.07) is 8.91. The van der Waals surface area contributed by atoms with Crippen molar-refractivity contribution in [1.29, 1.82) is 10.5 Å². The summed E-state index contributed by atoms with van der Waals surface area (Å²) in [6.45, 7) is 4.46. The molecule has 1 saturated heterocycles. The third-order valence-corrected chi connectivity index (χ3v) is 3.78. The Morgan fingerprint density at radius 1 is 1.25 bits per heavy atom. The number of nitriles is 2. The Balaban J connectivity index is 2.12. The van der Waals surface area contributed by atoms with E-state index in [1.54, 1.807) is 25.1 Å². The van der Waals surface area contributed by atoms with Crippen LogP contribution in [0.3, 0.4) is 0 Å². The van der Waals surface area contributed by atoms with E-state index < -0.39 is 0 Å². The first-order valence-corrected chi connectivity index (χ1v) is 7.41. The van der Waals surface area contributed by atoms with Gasteiger partial charge in [0.2, 0.25) is 11.6 Å². The molecule has 0 aliphatic carbocycles. The molecule has 0 radical (unpaired) electrons. The van der Waals surface area contributed by atoms with Crippen LogP contribution >= 0.6 is 0 Å². The maximum atomic E-state index is 11.4. The van der Waals surface area contributed by atoms with Crippen molar-refractivity contribution >= 4 is 23.0 Å². The Kier molecular flexibility index (Phi) is 5.58. The second-order valence-corrected chi connectivity index (χ2v) is 5.17. The van der Waals surface area contributed by atoms with Gasteiger partial charge in [-0.1, -0.05) is 0 Å². The highest BCUT2D eigenvalue weighted by Gasteiger charge is 2.19. The summed E-state index contributed by atoms with van der Waals surface area (Å²) in [5.41, 5.74) is 3.94. The molecule has 0 aromatic heterocycles. The van der Waals surface area contributed by atoms with Crippen LogP contribution in [0.5, 0.6) is 5.75 Å². The van der Waals surface area contributed by atoms with Gasteiger partial charge in [-0.25, -0.2) is 0 Å². The lowest BCUT2D eigenvalue weighted by Crippen LogP contribution is -2.48. The van der Waals surface area contributed by atoms with Crippen LogP contribution in [0.1, 0.15) is 6.92 Å². The van der Waals surface area contributed by atoms with Crippen molar-refractivity contribution in [2.45, 2.75) is 6.92 Å². The molecule has 1 aliphatic heterocycles. The summed E-state index contributed by atoms with van der Waals surface area (Å²) in [7, 11) is 1.54. The predicted octanol–water partition coefficient (Wildman–Crippen LogP) is 1.18. The van der Waals surface area contributed by atoms with E-state index in [0.29, 0.717) is 24.5 Å². The molecule has 1 fully saturated rings. The van der Waals surface area contributed by atoms with Gasteiger partial charge in [-0.15, -0.1) is 0 Å². The van der Waals surface area contributed by atoms with Gasteiger partial charge in [-0.05, 0) is 12.1 Å². The highest BCUT2D eigenvalue weighted by molar-refractivity contribution is 6.10. The van der Waals surface area contributed by atoms with Crippen molar-refractivity contribution in [3.63, 3.8) is 0 Å². The lowest BCUT2D eigenvalue weighted by atomic mass is 10.2. The first kappa shape index (κ1) is 17.1. The Labute approximate surface area is 140 Å². The zero-order valence-corrected chi connectivity index (χ0v) is 13.6. The SMILES string of the molecule is COc1cc(N2CCN(C(C)=O)CC2)ccc1NN=C(C#N)C#N. The fraction of sp³-hybridized carbons (Fsp3) is 0.375. The van der Waals surface area contributed by atoms with Crippen LogP contribution < -0.4 is 15.1 Å². The zero-order chi connectivity index (χ0) is 17.5. The molecule has 0 saturated carbocycles. The molecule has 1 aromatic carbocycles. The third-order valence-electron chi connectivity index (χ3n) is 3.78. The van der Waals surface area contributed by atoms with E-state index >= 15 is 0 Å². The van der Waals surface area contributed by atoms with Crippen LogP contribution in [0.4, 0.5) is 11.4 Å². The van der Waals surface area contributed by atoms with Crippen LogP contribution in [-0.4, -0.2) is 49.8 Å². The number of hydrogen-bond acceptors (Lipinski definition) is 7. The van der Waals surface area contributed by atoms with Gasteiger partial charge >= 0.3 is 0 Å². The van der Waals surface area contributed by atoms with Gasteiger partial charge in [-0.2, -0.15) is 15.6 Å². The van der Waals surface area contributed by atoms with Crippen LogP contribution in [-0.2, 0) is 4.79 Å². The minimum atomic E-state index is -0.263. The average Bonchev–Trinajstić information content (AvgIpc) is 2.62. The van der Waals surface area contributed by atoms with E-state index in [1.165, 1.54) is 7.11 Å². The van der Waals surface area contributed by atoms with Crippen molar-refractivity contribution in [2.75, 3.05) is 43.6 Å². The van der Waals surface area contributed by atoms with Gasteiger partial charge in [0.05, 0.1) is 12.8 Å². The number of rotatable bonds is 4. The Bertz CT molecular complexity index is 707. The summed E-state index contributed by atoms with van der Waals surface area (Å²) in [5.74, 6) is 0.649. The molecule has 2 rings (SSSR count). The van der Waals surface area contributed by atoms with Crippen LogP contribution in [0.15, 0.2) is 23.3 Å². The zero-order valence-electron chi connectivity index (χ0n) is 13.6. The molecule has 8 heteroatoms. The number of hydrogen-bond donors (Lipinski definition) is 1. The number of amides is 1. The number of carbonyl (C=O) groups excluding carboxylic acids is 1. The normalized spacial score (nSPS) is 13.5. The standard InChI is InChI=1S/C16H18N6O2/c1-12(23)21-5-7-22(8-6-21)14-3-4-15(16(9-14)24-2)20-19-13(10-17)11-18/h3-4,9,20H,5-8H2,1-2H3. The first-order valence-electron chi connectivity index (χ1n) is 7.41. The summed E-state index contributed by atoms with van der Waals surface area (Å²) in [5, 5.41) is 21.1. The molecule has 1 N–H and O–H groups in total. The monoisotopic (exact) mass is 326 g/mol. The van der Waals surface area contributed by atoms with Crippen LogP contribution in [0.2, 0.25) is 0 Å². The quantitative estimate of drug-likeness (QED) is 0.658. The van der Waals surface area contributed by atoms with Crippen molar-refractivity contribution in [3.8, 4) is 17.9 Å². The van der Waals surface area contributed by atoms with E-state index in [4.69, 9.17) is 15.3 Å². The van der Waals surface area contributed by atoms with Gasteiger partial charge in [0.15, 0.2) is 0 Å². The van der Waals surface area contributed by atoms with E-state index in [1.807, 2.05) is 17.0 Å². The second-order valence-electron chi connectivity index (χ2n) is 5.17. The summed E-state index contributed by atoms with van der Waals surface area (Å²) < 4.78 is 5.35. The lowest BCUT2D eigenvalue weighted by Gasteiger charge is -2.35. The fourth-order valence-electron chi connectivity index (χ4n) is 2.44. The number of piperazine rings is 1. The Morgan fingerprint density at radius 3 is 2.46 bits per heavy atom. The van der Waals surface area contributed by atoms with E-state index in [9.17, 15) is 4.79 Å². The average molecular weight is 326 g/mol. The topological polar surface area (TPSA) is 105 Å². The fourth-order valence-corrected chi connectivity index (χ4v) is 2.44. The molecule has 124 valence electrons. The summed E-state index contributed by atoms with van der Waals surface area (Å²) in [4.78, 5) is 15.4. The number of hydrazone groups is 1. The Hall–Kier alpha value is -3.26. The second kappa shape index (κ2) is 7.84. The highest BCUT2D eigenvalue weighted by atomic mass is 16.5. The molecule has 0 atom stereocenters. The third kappa shape index (κ3) is 3.93. The minimum absolute atomic E-state index is 0.0930. The molecule has 1 heterocycles. The van der Waals surface area contributed by atoms with Crippen LogP contribution in [0.25, 0.3) is 0 Å². The molecule has 0 unspecified atom stereocenters. The molecule has 8 nitrogen and oxygen atoms in total. The van der Waals surface area contributed by atoms with Crippen LogP contribution in [0, 0.1) is 22.7 Å². The number of nitrogens with one attached hydrogen (secondary N) is 1. The number of benzene rings is 1. The Morgan fingerprint density at radius 2 is 1.92 bits per heavy atom. The molecular formula is C16H18N6O2. The maximum Gasteiger partial charge on any atom is 0.237 e. The summed E-state index contributed by atoms with van der Waals surface area (Å²) >= 11 is 0. The maximum absolute atomic E-state index is 11.4. The van der Waals surface area contributed by atoms with Gasteiger partial charge in [0, 0.05) is 44.9 Å². The number of ether oxygens (including phenoxy) is 1. The molecule has 1 aliphatic rings. The van der Waals surface area contributed by atoms with Crippen molar-refractivity contribution in [3.05, 3.63) is 18.2 Å². The van der Waals surface area contributed by atoms with Crippen molar-refractivity contribution < 1.29 is 9.53 Å². The highest BCUT2D eigenvalue weighted by Crippen LogP contribution is 2.30. The number of carbonyl (C=O) groups is 1. The molecule has 1 amide bonds. The van der Waals surface area contributed by atoms with Gasteiger partial charge in [0.1, 0.15) is 17.9 Å². The van der Waals surface area contributed by atoms with Gasteiger partial charge in [0.25, 0.3) is 0 Å². The predicted molar refractivity (Wildman–Crippen MR) is 89.7 cm³/mol. The number of nitrogens with zero attached hydrogens (tertiary/aromatic N) is 5. The van der Waals surface area contributed by atoms with E-state index in [2.05, 4.69) is 15.4 Å². The van der Waals surface area contributed by atoms with E-state index in [-0.39, 0.29) is 11.6 Å². The summed E-state index contributed by atoms with van der Waals surface area (Å²) in [6.07, 6.45) is 0. The number of methoxy groups -OCH3 is 1. The molecule has 0 bridgehead atoms. The van der Waals surface area contributed by atoms with Crippen molar-refractivity contribution in [2.24, 2.45) is 5.10 Å². The minimum Gasteiger partial charge on any atom is -0.494 e. The molecule has 24 heavy (non-hydrogen) atoms. The number of anilines is 2. The van der Waals surface area contributed by atoms with E-state index in [0.717, 1.165) is 18.8 Å². The van der Waals surface area contributed by atoms with Crippen molar-refractivity contribution in [1.82, 2.24) is 4.90 Å². The smallest absolute Gasteiger partial charge is 0.237 e. The van der Waals surface area contributed by atoms with Gasteiger partial charge in [-0.3, -0.25) is 10.2 Å². The largest absolute Gasteiger partial charge is 0.494 e. The van der Waals surface area contributed by atoms with Gasteiger partial charge < -0.3 is 14.5 Å². The lowest BCUT2D eigenvalue weighted by molar-refractivity contribution is -0.129. The molecule has 1 aromatic rings. The first-order chi connectivity index (χ1) is 11.6. The molecule has 0 spiro atoms. The molecular weight excluding hydrogens is 308 g/mol.